The third-order valence-corrected chi connectivity index (χ3v) is 3.71. The summed E-state index contributed by atoms with van der Waals surface area (Å²) in [5.41, 5.74) is 1.27. The van der Waals surface area contributed by atoms with Crippen molar-refractivity contribution in [1.29, 1.82) is 0 Å². The maximum absolute atomic E-state index is 5.95. The maximum Gasteiger partial charge on any atom is 0.0897 e. The van der Waals surface area contributed by atoms with Gasteiger partial charge in [-0.25, -0.2) is 0 Å². The Hall–Kier alpha value is -0.910. The first-order chi connectivity index (χ1) is 9.30. The van der Waals surface area contributed by atoms with E-state index < -0.39 is 0 Å². The molecule has 2 atom stereocenters. The smallest absolute Gasteiger partial charge is 0.0897 e. The molecule has 2 unspecified atom stereocenters. The van der Waals surface area contributed by atoms with Crippen LogP contribution in [-0.4, -0.2) is 54.1 Å². The fourth-order valence-corrected chi connectivity index (χ4v) is 2.82. The highest BCUT2D eigenvalue weighted by Crippen LogP contribution is 2.28. The molecule has 1 N–H and O–H groups in total. The highest BCUT2D eigenvalue weighted by atomic mass is 16.5. The fourth-order valence-electron chi connectivity index (χ4n) is 2.82. The van der Waals surface area contributed by atoms with Crippen molar-refractivity contribution in [3.63, 3.8) is 0 Å². The molecule has 0 saturated carbocycles. The number of aryl methyl sites for hydroxylation is 1. The molecule has 0 aliphatic carbocycles. The molecule has 19 heavy (non-hydrogen) atoms. The van der Waals surface area contributed by atoms with E-state index in [1.165, 1.54) is 5.56 Å². The van der Waals surface area contributed by atoms with Crippen LogP contribution in [0.15, 0.2) is 12.4 Å². The molecule has 1 fully saturated rings. The van der Waals surface area contributed by atoms with Crippen molar-refractivity contribution in [2.24, 2.45) is 0 Å². The predicted molar refractivity (Wildman–Crippen MR) is 76.2 cm³/mol. The third kappa shape index (κ3) is 3.35. The van der Waals surface area contributed by atoms with E-state index in [-0.39, 0.29) is 6.10 Å². The van der Waals surface area contributed by atoms with Gasteiger partial charge < -0.3 is 10.1 Å². The standard InChI is InChI=1S/C14H26N4O/c1-4-6-18-11-12(9-16-18)14-13(10-15-3)19-8-7-17(14)5-2/h9,11,13-15H,4-8,10H2,1-3H3. The Balaban J connectivity index is 2.18. The van der Waals surface area contributed by atoms with Crippen LogP contribution >= 0.6 is 0 Å². The first kappa shape index (κ1) is 14.5. The monoisotopic (exact) mass is 266 g/mol. The second-order valence-corrected chi connectivity index (χ2v) is 5.08. The average molecular weight is 266 g/mol. The molecular weight excluding hydrogens is 240 g/mol. The quantitative estimate of drug-likeness (QED) is 0.842. The lowest BCUT2D eigenvalue weighted by Gasteiger charge is -2.40. The molecule has 0 spiro atoms. The maximum atomic E-state index is 5.95. The fraction of sp³-hybridized carbons (Fsp3) is 0.786. The molecule has 5 heteroatoms. The van der Waals surface area contributed by atoms with Crippen molar-refractivity contribution >= 4 is 0 Å². The Morgan fingerprint density at radius 2 is 2.32 bits per heavy atom. The van der Waals surface area contributed by atoms with Gasteiger partial charge in [-0.3, -0.25) is 9.58 Å². The van der Waals surface area contributed by atoms with Crippen molar-refractivity contribution < 1.29 is 4.74 Å². The summed E-state index contributed by atoms with van der Waals surface area (Å²) < 4.78 is 7.98. The van der Waals surface area contributed by atoms with Crippen LogP contribution in [0.25, 0.3) is 0 Å². The van der Waals surface area contributed by atoms with Gasteiger partial charge in [0.2, 0.25) is 0 Å². The summed E-state index contributed by atoms with van der Waals surface area (Å²) in [6.45, 7) is 9.11. The minimum Gasteiger partial charge on any atom is -0.374 e. The van der Waals surface area contributed by atoms with Gasteiger partial charge in [0.15, 0.2) is 0 Å². The predicted octanol–water partition coefficient (Wildman–Crippen LogP) is 1.27. The first-order valence-electron chi connectivity index (χ1n) is 7.32. The van der Waals surface area contributed by atoms with E-state index >= 15 is 0 Å². The van der Waals surface area contributed by atoms with Crippen LogP contribution in [0, 0.1) is 0 Å². The molecule has 5 nitrogen and oxygen atoms in total. The Bertz CT molecular complexity index is 377. The molecule has 1 saturated heterocycles. The normalized spacial score (nSPS) is 24.8. The lowest BCUT2D eigenvalue weighted by molar-refractivity contribution is -0.0686. The van der Waals surface area contributed by atoms with E-state index in [1.807, 2.05) is 17.9 Å². The average Bonchev–Trinajstić information content (AvgIpc) is 2.87. The Morgan fingerprint density at radius 3 is 3.00 bits per heavy atom. The highest BCUT2D eigenvalue weighted by Gasteiger charge is 2.33. The van der Waals surface area contributed by atoms with Crippen molar-refractivity contribution in [2.75, 3.05) is 33.3 Å². The summed E-state index contributed by atoms with van der Waals surface area (Å²) in [4.78, 5) is 2.48. The molecule has 0 radical (unpaired) electrons. The lowest BCUT2D eigenvalue weighted by atomic mass is 10.0. The number of hydrogen-bond donors (Lipinski definition) is 1. The van der Waals surface area contributed by atoms with Crippen molar-refractivity contribution in [2.45, 2.75) is 39.0 Å². The van der Waals surface area contributed by atoms with Gasteiger partial charge in [0.25, 0.3) is 0 Å². The second kappa shape index (κ2) is 7.03. The molecule has 2 rings (SSSR count). The van der Waals surface area contributed by atoms with Gasteiger partial charge in [-0.2, -0.15) is 5.10 Å². The molecule has 1 aromatic heterocycles. The summed E-state index contributed by atoms with van der Waals surface area (Å²) in [7, 11) is 1.98. The van der Waals surface area contributed by atoms with Gasteiger partial charge in [0.1, 0.15) is 0 Å². The third-order valence-electron chi connectivity index (χ3n) is 3.71. The molecule has 0 bridgehead atoms. The minimum atomic E-state index is 0.206. The Labute approximate surface area is 115 Å². The SMILES string of the molecule is CCCn1cc(C2C(CNC)OCCN2CC)cn1. The van der Waals surface area contributed by atoms with Gasteiger partial charge in [-0.05, 0) is 20.0 Å². The van der Waals surface area contributed by atoms with E-state index in [2.05, 4.69) is 35.4 Å². The molecule has 1 aliphatic heterocycles. The molecule has 2 heterocycles. The molecule has 0 amide bonds. The van der Waals surface area contributed by atoms with Crippen molar-refractivity contribution in [1.82, 2.24) is 20.0 Å². The van der Waals surface area contributed by atoms with Crippen LogP contribution in [0.4, 0.5) is 0 Å². The minimum absolute atomic E-state index is 0.206. The molecule has 1 aromatic rings. The summed E-state index contributed by atoms with van der Waals surface area (Å²) in [6.07, 6.45) is 5.49. The van der Waals surface area contributed by atoms with Gasteiger partial charge in [-0.1, -0.05) is 13.8 Å². The van der Waals surface area contributed by atoms with Crippen molar-refractivity contribution in [3.8, 4) is 0 Å². The number of nitrogens with zero attached hydrogens (tertiary/aromatic N) is 3. The summed E-state index contributed by atoms with van der Waals surface area (Å²) >= 11 is 0. The summed E-state index contributed by atoms with van der Waals surface area (Å²) in [6, 6.07) is 0.316. The van der Waals surface area contributed by atoms with Gasteiger partial charge in [-0.15, -0.1) is 0 Å². The van der Waals surface area contributed by atoms with Gasteiger partial charge in [0, 0.05) is 31.4 Å². The van der Waals surface area contributed by atoms with Crippen LogP contribution in [0.3, 0.4) is 0 Å². The second-order valence-electron chi connectivity index (χ2n) is 5.08. The van der Waals surface area contributed by atoms with E-state index in [4.69, 9.17) is 4.74 Å². The number of hydrogen-bond acceptors (Lipinski definition) is 4. The lowest BCUT2D eigenvalue weighted by Crippen LogP contribution is -2.48. The van der Waals surface area contributed by atoms with Crippen LogP contribution < -0.4 is 5.32 Å². The highest BCUT2D eigenvalue weighted by molar-refractivity contribution is 5.14. The van der Waals surface area contributed by atoms with E-state index in [1.54, 1.807) is 0 Å². The Kier molecular flexibility index (Phi) is 5.36. The Morgan fingerprint density at radius 1 is 1.47 bits per heavy atom. The largest absolute Gasteiger partial charge is 0.374 e. The molecule has 108 valence electrons. The number of ether oxygens (including phenoxy) is 1. The topological polar surface area (TPSA) is 42.3 Å². The molecule has 1 aliphatic rings. The first-order valence-corrected chi connectivity index (χ1v) is 7.32. The zero-order valence-corrected chi connectivity index (χ0v) is 12.3. The van der Waals surface area contributed by atoms with E-state index in [0.29, 0.717) is 6.04 Å². The van der Waals surface area contributed by atoms with E-state index in [9.17, 15) is 0 Å². The number of morpholine rings is 1. The van der Waals surface area contributed by atoms with Gasteiger partial charge in [0.05, 0.1) is 24.9 Å². The zero-order chi connectivity index (χ0) is 13.7. The van der Waals surface area contributed by atoms with Crippen LogP contribution in [0.5, 0.6) is 0 Å². The number of aromatic nitrogens is 2. The molecule has 0 aromatic carbocycles. The summed E-state index contributed by atoms with van der Waals surface area (Å²) in [5, 5.41) is 7.69. The number of likely N-dealkylation sites (N-methyl/N-ethyl adjacent to an activating group) is 2. The molecular formula is C14H26N4O. The number of nitrogens with one attached hydrogen (secondary N) is 1. The number of rotatable bonds is 6. The van der Waals surface area contributed by atoms with E-state index in [0.717, 1.165) is 39.2 Å². The van der Waals surface area contributed by atoms with Gasteiger partial charge >= 0.3 is 0 Å². The summed E-state index contributed by atoms with van der Waals surface area (Å²) in [5.74, 6) is 0. The van der Waals surface area contributed by atoms with Crippen LogP contribution in [-0.2, 0) is 11.3 Å². The zero-order valence-electron chi connectivity index (χ0n) is 12.3. The van der Waals surface area contributed by atoms with Crippen molar-refractivity contribution in [3.05, 3.63) is 18.0 Å². The van der Waals surface area contributed by atoms with Crippen LogP contribution in [0.1, 0.15) is 31.9 Å². The van der Waals surface area contributed by atoms with Crippen LogP contribution in [0.2, 0.25) is 0 Å².